The lowest BCUT2D eigenvalue weighted by molar-refractivity contribution is -0.384. The van der Waals surface area contributed by atoms with Gasteiger partial charge in [0.25, 0.3) is 5.69 Å². The Balaban J connectivity index is 1.79. The van der Waals surface area contributed by atoms with Gasteiger partial charge < -0.3 is 10.1 Å². The van der Waals surface area contributed by atoms with Crippen molar-refractivity contribution in [2.24, 2.45) is 0 Å². The number of aromatic nitrogens is 3. The van der Waals surface area contributed by atoms with E-state index in [0.29, 0.717) is 28.1 Å². The SMILES string of the molecule is CCOC(=O)c1cnc2c(c(-c3ccccc3)nn2-c2ccccc2)c1Nc1ccc([N+](=O)[O-])cc1. The Morgan fingerprint density at radius 1 is 1.00 bits per heavy atom. The van der Waals surface area contributed by atoms with E-state index in [-0.39, 0.29) is 17.9 Å². The molecule has 0 atom stereocenters. The first-order valence-corrected chi connectivity index (χ1v) is 11.3. The molecule has 178 valence electrons. The number of para-hydroxylation sites is 1. The highest BCUT2D eigenvalue weighted by Gasteiger charge is 2.24. The minimum Gasteiger partial charge on any atom is -0.462 e. The van der Waals surface area contributed by atoms with E-state index in [1.807, 2.05) is 60.7 Å². The summed E-state index contributed by atoms with van der Waals surface area (Å²) in [5, 5.41) is 19.9. The molecule has 0 radical (unpaired) electrons. The first-order chi connectivity index (χ1) is 17.6. The highest BCUT2D eigenvalue weighted by atomic mass is 16.6. The van der Waals surface area contributed by atoms with Crippen LogP contribution in [0.5, 0.6) is 0 Å². The predicted molar refractivity (Wildman–Crippen MR) is 137 cm³/mol. The molecule has 0 amide bonds. The van der Waals surface area contributed by atoms with Crippen molar-refractivity contribution in [3.63, 3.8) is 0 Å². The molecule has 0 saturated heterocycles. The summed E-state index contributed by atoms with van der Waals surface area (Å²) in [5.41, 5.74) is 4.02. The molecule has 1 N–H and O–H groups in total. The maximum Gasteiger partial charge on any atom is 0.341 e. The number of rotatable bonds is 7. The Morgan fingerprint density at radius 2 is 1.67 bits per heavy atom. The lowest BCUT2D eigenvalue weighted by Gasteiger charge is -2.13. The first-order valence-electron chi connectivity index (χ1n) is 11.3. The fourth-order valence-corrected chi connectivity index (χ4v) is 3.94. The van der Waals surface area contributed by atoms with E-state index in [2.05, 4.69) is 10.3 Å². The van der Waals surface area contributed by atoms with Crippen LogP contribution in [0.25, 0.3) is 28.0 Å². The number of carbonyl (C=O) groups excluding carboxylic acids is 1. The van der Waals surface area contributed by atoms with Gasteiger partial charge in [-0.15, -0.1) is 0 Å². The number of non-ortho nitro benzene ring substituents is 1. The minimum atomic E-state index is -0.539. The number of anilines is 2. The minimum absolute atomic E-state index is 0.0343. The van der Waals surface area contributed by atoms with Crippen molar-refractivity contribution >= 4 is 34.1 Å². The van der Waals surface area contributed by atoms with Crippen LogP contribution >= 0.6 is 0 Å². The zero-order valence-electron chi connectivity index (χ0n) is 19.3. The normalized spacial score (nSPS) is 10.8. The highest BCUT2D eigenvalue weighted by Crippen LogP contribution is 2.38. The summed E-state index contributed by atoms with van der Waals surface area (Å²) in [6, 6.07) is 25.2. The summed E-state index contributed by atoms with van der Waals surface area (Å²) in [6.45, 7) is 1.93. The van der Waals surface area contributed by atoms with Gasteiger partial charge >= 0.3 is 5.97 Å². The Hall–Kier alpha value is -5.05. The van der Waals surface area contributed by atoms with Crippen molar-refractivity contribution in [2.75, 3.05) is 11.9 Å². The van der Waals surface area contributed by atoms with Crippen LogP contribution < -0.4 is 5.32 Å². The van der Waals surface area contributed by atoms with Gasteiger partial charge in [0.2, 0.25) is 0 Å². The van der Waals surface area contributed by atoms with Gasteiger partial charge in [-0.25, -0.2) is 14.5 Å². The second kappa shape index (κ2) is 9.67. The molecule has 0 aliphatic carbocycles. The number of nitro benzene ring substituents is 1. The number of fused-ring (bicyclic) bond motifs is 1. The summed E-state index contributed by atoms with van der Waals surface area (Å²) in [7, 11) is 0. The molecule has 9 nitrogen and oxygen atoms in total. The quantitative estimate of drug-likeness (QED) is 0.175. The number of esters is 1. The number of ether oxygens (including phenoxy) is 1. The second-order valence-electron chi connectivity index (χ2n) is 7.86. The third kappa shape index (κ3) is 4.25. The summed E-state index contributed by atoms with van der Waals surface area (Å²) < 4.78 is 7.04. The number of nitrogens with one attached hydrogen (secondary N) is 1. The number of hydrogen-bond acceptors (Lipinski definition) is 7. The van der Waals surface area contributed by atoms with Gasteiger partial charge in [-0.2, -0.15) is 5.10 Å². The Kier molecular flexibility index (Phi) is 6.10. The van der Waals surface area contributed by atoms with Crippen molar-refractivity contribution in [3.8, 4) is 16.9 Å². The number of nitro groups is 1. The monoisotopic (exact) mass is 479 g/mol. The molecule has 0 fully saturated rings. The molecular weight excluding hydrogens is 458 g/mol. The molecule has 0 saturated carbocycles. The average Bonchev–Trinajstić information content (AvgIpc) is 3.30. The van der Waals surface area contributed by atoms with E-state index in [1.54, 1.807) is 23.7 Å². The summed E-state index contributed by atoms with van der Waals surface area (Å²) in [5.74, 6) is -0.539. The second-order valence-corrected chi connectivity index (χ2v) is 7.86. The topological polar surface area (TPSA) is 112 Å². The standard InChI is InChI=1S/C27H21N5O4/c1-2-36-27(33)22-17-28-26-23(25(22)29-19-13-15-21(16-14-19)32(34)35)24(18-9-5-3-6-10-18)30-31(26)20-11-7-4-8-12-20/h3-17H,2H2,1H3,(H,28,29). The fraction of sp³-hybridized carbons (Fsp3) is 0.0741. The van der Waals surface area contributed by atoms with Crippen LogP contribution in [0, 0.1) is 10.1 Å². The zero-order valence-corrected chi connectivity index (χ0v) is 19.3. The Labute approximate surface area is 206 Å². The molecule has 0 aliphatic heterocycles. The number of nitrogens with zero attached hydrogens (tertiary/aromatic N) is 4. The number of carbonyl (C=O) groups is 1. The van der Waals surface area contributed by atoms with E-state index >= 15 is 0 Å². The maximum absolute atomic E-state index is 12.9. The molecule has 36 heavy (non-hydrogen) atoms. The molecule has 9 heteroatoms. The van der Waals surface area contributed by atoms with Crippen LogP contribution in [0.3, 0.4) is 0 Å². The molecule has 2 heterocycles. The van der Waals surface area contributed by atoms with Crippen LogP contribution in [0.2, 0.25) is 0 Å². The highest BCUT2D eigenvalue weighted by molar-refractivity contribution is 6.10. The molecule has 0 spiro atoms. The number of pyridine rings is 1. The predicted octanol–water partition coefficient (Wildman–Crippen LogP) is 5.92. The molecule has 2 aromatic heterocycles. The molecule has 0 unspecified atom stereocenters. The van der Waals surface area contributed by atoms with Crippen LogP contribution in [-0.4, -0.2) is 32.3 Å². The third-order valence-corrected chi connectivity index (χ3v) is 5.59. The number of benzene rings is 3. The Morgan fingerprint density at radius 3 is 2.31 bits per heavy atom. The summed E-state index contributed by atoms with van der Waals surface area (Å²) in [4.78, 5) is 28.2. The van der Waals surface area contributed by atoms with Gasteiger partial charge in [0.05, 0.1) is 28.3 Å². The summed E-state index contributed by atoms with van der Waals surface area (Å²) >= 11 is 0. The van der Waals surface area contributed by atoms with Gasteiger partial charge in [-0.1, -0.05) is 48.5 Å². The van der Waals surface area contributed by atoms with Gasteiger partial charge in [-0.3, -0.25) is 10.1 Å². The third-order valence-electron chi connectivity index (χ3n) is 5.59. The zero-order chi connectivity index (χ0) is 25.1. The lowest BCUT2D eigenvalue weighted by atomic mass is 10.1. The van der Waals surface area contributed by atoms with Crippen molar-refractivity contribution < 1.29 is 14.5 Å². The van der Waals surface area contributed by atoms with Gasteiger partial charge in [0.15, 0.2) is 5.65 Å². The van der Waals surface area contributed by atoms with E-state index in [1.165, 1.54) is 18.3 Å². The van der Waals surface area contributed by atoms with Crippen molar-refractivity contribution in [1.29, 1.82) is 0 Å². The van der Waals surface area contributed by atoms with Gasteiger partial charge in [0.1, 0.15) is 11.3 Å². The Bertz CT molecular complexity index is 1550. The van der Waals surface area contributed by atoms with Crippen molar-refractivity contribution in [2.45, 2.75) is 6.92 Å². The van der Waals surface area contributed by atoms with Gasteiger partial charge in [-0.05, 0) is 31.2 Å². The van der Waals surface area contributed by atoms with E-state index in [9.17, 15) is 14.9 Å². The number of hydrogen-bond donors (Lipinski definition) is 1. The largest absolute Gasteiger partial charge is 0.462 e. The molecule has 5 rings (SSSR count). The maximum atomic E-state index is 12.9. The lowest BCUT2D eigenvalue weighted by Crippen LogP contribution is -2.09. The van der Waals surface area contributed by atoms with Crippen LogP contribution in [0.4, 0.5) is 17.1 Å². The van der Waals surface area contributed by atoms with Crippen molar-refractivity contribution in [1.82, 2.24) is 14.8 Å². The molecule has 0 bridgehead atoms. The average molecular weight is 479 g/mol. The van der Waals surface area contributed by atoms with Crippen molar-refractivity contribution in [3.05, 3.63) is 107 Å². The van der Waals surface area contributed by atoms with Crippen LogP contribution in [0.1, 0.15) is 17.3 Å². The molecular formula is C27H21N5O4. The van der Waals surface area contributed by atoms with E-state index in [4.69, 9.17) is 9.84 Å². The van der Waals surface area contributed by atoms with E-state index < -0.39 is 10.9 Å². The molecule has 3 aromatic carbocycles. The first kappa shape index (κ1) is 22.7. The fourth-order valence-electron chi connectivity index (χ4n) is 3.94. The molecule has 0 aliphatic rings. The van der Waals surface area contributed by atoms with Crippen LogP contribution in [-0.2, 0) is 4.74 Å². The van der Waals surface area contributed by atoms with Gasteiger partial charge in [0, 0.05) is 29.6 Å². The smallest absolute Gasteiger partial charge is 0.341 e. The van der Waals surface area contributed by atoms with E-state index in [0.717, 1.165) is 11.3 Å². The molecule has 5 aromatic rings. The summed E-state index contributed by atoms with van der Waals surface area (Å²) in [6.07, 6.45) is 1.46. The van der Waals surface area contributed by atoms with Crippen LogP contribution in [0.15, 0.2) is 91.1 Å².